The predicted molar refractivity (Wildman–Crippen MR) is 70.3 cm³/mol. The molecule has 0 bridgehead atoms. The zero-order valence-electron chi connectivity index (χ0n) is 12.5. The maximum atomic E-state index is 14.6. The van der Waals surface area contributed by atoms with E-state index in [0.29, 0.717) is 0 Å². The first kappa shape index (κ1) is 19.6. The summed E-state index contributed by atoms with van der Waals surface area (Å²) in [4.78, 5) is 22.7. The van der Waals surface area contributed by atoms with E-state index in [0.717, 1.165) is 14.0 Å². The number of aliphatic hydroxyl groups excluding tert-OH is 3. The van der Waals surface area contributed by atoms with Gasteiger partial charge in [-0.1, -0.05) is 0 Å². The molecule has 7 atom stereocenters. The van der Waals surface area contributed by atoms with Crippen molar-refractivity contribution in [3.05, 3.63) is 0 Å². The number of hydrogen-bond acceptors (Lipinski definition) is 8. The molecule has 9 nitrogen and oxygen atoms in total. The van der Waals surface area contributed by atoms with Gasteiger partial charge in [0.05, 0.1) is 25.8 Å². The zero-order valence-corrected chi connectivity index (χ0v) is 12.5. The van der Waals surface area contributed by atoms with E-state index in [9.17, 15) is 28.6 Å². The van der Waals surface area contributed by atoms with Gasteiger partial charge in [0.2, 0.25) is 5.91 Å². The van der Waals surface area contributed by atoms with Crippen molar-refractivity contribution in [1.82, 2.24) is 5.32 Å². The summed E-state index contributed by atoms with van der Waals surface area (Å²) < 4.78 is 37.6. The smallest absolute Gasteiger partial charge is 0.375 e. The molecule has 1 fully saturated rings. The zero-order chi connectivity index (χ0) is 17.9. The fourth-order valence-corrected chi connectivity index (χ4v) is 2.31. The number of nitrogens with one attached hydrogen (secondary N) is 1. The van der Waals surface area contributed by atoms with Gasteiger partial charge in [-0.25, -0.2) is 9.18 Å². The number of halogens is 2. The number of carbonyl (C=O) groups excluding carboxylic acids is 2. The number of ether oxygens (including phenoxy) is 2. The first-order valence-corrected chi connectivity index (χ1v) is 6.69. The minimum Gasteiger partial charge on any atom is -0.465 e. The average Bonchev–Trinajstić information content (AvgIpc) is 2.52. The Kier molecular flexibility index (Phi) is 6.36. The van der Waals surface area contributed by atoms with Gasteiger partial charge in [0.1, 0.15) is 18.3 Å². The monoisotopic (exact) mass is 342 g/mol. The molecule has 0 aromatic carbocycles. The lowest BCUT2D eigenvalue weighted by molar-refractivity contribution is -0.277. The van der Waals surface area contributed by atoms with E-state index < -0.39 is 60.9 Å². The Balaban J connectivity index is 3.22. The number of alkyl halides is 2. The summed E-state index contributed by atoms with van der Waals surface area (Å²) >= 11 is 0. The fraction of sp³-hybridized carbons (Fsp3) is 0.833. The molecule has 11 heteroatoms. The SMILES string of the molecule is COC(=O)[C@]1(F)O[C@@H]([C@H](O)[C@H](O)CO)[C@H](NC(C)=O)[C@@H](N)[C@H]1F. The molecule has 0 aliphatic carbocycles. The van der Waals surface area contributed by atoms with Crippen LogP contribution in [0, 0.1) is 0 Å². The number of rotatable bonds is 5. The Morgan fingerprint density at radius 2 is 2.04 bits per heavy atom. The van der Waals surface area contributed by atoms with Gasteiger partial charge in [-0.2, -0.15) is 4.39 Å². The van der Waals surface area contributed by atoms with Crippen LogP contribution in [-0.2, 0) is 19.1 Å². The third-order valence-electron chi connectivity index (χ3n) is 3.52. The van der Waals surface area contributed by atoms with E-state index in [1.54, 1.807) is 0 Å². The van der Waals surface area contributed by atoms with Crippen molar-refractivity contribution >= 4 is 11.9 Å². The lowest BCUT2D eigenvalue weighted by atomic mass is 9.86. The minimum absolute atomic E-state index is 0.693. The summed E-state index contributed by atoms with van der Waals surface area (Å²) in [5, 5.41) is 30.4. The standard InChI is InChI=1S/C12H20F2N2O7/c1-4(18)16-7-6(15)10(13)12(14,11(21)22-2)23-9(7)8(20)5(19)3-17/h5-10,17,19-20H,3,15H2,1-2H3,(H,16,18)/t5-,6-,7-,8-,9-,10-,12-/m1/s1. The van der Waals surface area contributed by atoms with Crippen LogP contribution < -0.4 is 11.1 Å². The summed E-state index contributed by atoms with van der Waals surface area (Å²) in [6, 6.07) is -3.26. The van der Waals surface area contributed by atoms with Gasteiger partial charge < -0.3 is 35.8 Å². The molecular formula is C12H20F2N2O7. The van der Waals surface area contributed by atoms with Gasteiger partial charge in [0.15, 0.2) is 6.17 Å². The topological polar surface area (TPSA) is 151 Å². The first-order chi connectivity index (χ1) is 10.6. The van der Waals surface area contributed by atoms with Gasteiger partial charge in [-0.15, -0.1) is 0 Å². The largest absolute Gasteiger partial charge is 0.465 e. The molecule has 0 aromatic heterocycles. The summed E-state index contributed by atoms with van der Waals surface area (Å²) in [6.45, 7) is 0.128. The highest BCUT2D eigenvalue weighted by Gasteiger charge is 2.62. The summed E-state index contributed by atoms with van der Waals surface area (Å²) in [5.41, 5.74) is 5.54. The highest BCUT2D eigenvalue weighted by molar-refractivity contribution is 5.79. The van der Waals surface area contributed by atoms with Crippen molar-refractivity contribution in [3.63, 3.8) is 0 Å². The summed E-state index contributed by atoms with van der Waals surface area (Å²) in [5.74, 6) is -6.05. The molecule has 1 aliphatic rings. The second kappa shape index (κ2) is 7.45. The van der Waals surface area contributed by atoms with Crippen molar-refractivity contribution < 1.29 is 43.2 Å². The van der Waals surface area contributed by atoms with Crippen LogP contribution in [-0.4, -0.2) is 83.3 Å². The second-order valence-corrected chi connectivity index (χ2v) is 5.16. The average molecular weight is 342 g/mol. The van der Waals surface area contributed by atoms with Gasteiger partial charge in [-0.05, 0) is 0 Å². The van der Waals surface area contributed by atoms with Crippen LogP contribution in [0.4, 0.5) is 8.78 Å². The Bertz CT molecular complexity index is 455. The third kappa shape index (κ3) is 3.75. The molecule has 0 spiro atoms. The Morgan fingerprint density at radius 1 is 1.48 bits per heavy atom. The van der Waals surface area contributed by atoms with Crippen molar-refractivity contribution in [2.75, 3.05) is 13.7 Å². The summed E-state index contributed by atoms with van der Waals surface area (Å²) in [7, 11) is 0.791. The van der Waals surface area contributed by atoms with Crippen LogP contribution in [0.1, 0.15) is 6.92 Å². The van der Waals surface area contributed by atoms with Gasteiger partial charge in [0, 0.05) is 6.92 Å². The van der Waals surface area contributed by atoms with E-state index in [1.165, 1.54) is 0 Å². The first-order valence-electron chi connectivity index (χ1n) is 6.69. The normalized spacial score (nSPS) is 36.9. The second-order valence-electron chi connectivity index (χ2n) is 5.16. The number of aliphatic hydroxyl groups is 3. The fourth-order valence-electron chi connectivity index (χ4n) is 2.31. The van der Waals surface area contributed by atoms with Crippen molar-refractivity contribution in [3.8, 4) is 0 Å². The molecule has 0 unspecified atom stereocenters. The number of amides is 1. The highest BCUT2D eigenvalue weighted by atomic mass is 19.2. The molecule has 1 saturated heterocycles. The van der Waals surface area contributed by atoms with Crippen molar-refractivity contribution in [2.24, 2.45) is 5.73 Å². The highest BCUT2D eigenvalue weighted by Crippen LogP contribution is 2.35. The molecular weight excluding hydrogens is 322 g/mol. The van der Waals surface area contributed by atoms with E-state index >= 15 is 0 Å². The lowest BCUT2D eigenvalue weighted by Crippen LogP contribution is -2.73. The molecule has 134 valence electrons. The van der Waals surface area contributed by atoms with Gasteiger partial charge in [-0.3, -0.25) is 4.79 Å². The molecule has 1 aliphatic heterocycles. The quantitative estimate of drug-likeness (QED) is 0.334. The van der Waals surface area contributed by atoms with Crippen LogP contribution in [0.2, 0.25) is 0 Å². The van der Waals surface area contributed by atoms with Crippen LogP contribution in [0.25, 0.3) is 0 Å². The molecule has 1 rings (SSSR count). The van der Waals surface area contributed by atoms with Gasteiger partial charge >= 0.3 is 11.8 Å². The Morgan fingerprint density at radius 3 is 2.48 bits per heavy atom. The number of methoxy groups -OCH3 is 1. The number of hydrogen-bond donors (Lipinski definition) is 5. The maximum Gasteiger partial charge on any atom is 0.375 e. The maximum absolute atomic E-state index is 14.6. The van der Waals surface area contributed by atoms with E-state index in [-0.39, 0.29) is 0 Å². The Labute approximate surface area is 130 Å². The van der Waals surface area contributed by atoms with E-state index in [4.69, 9.17) is 10.8 Å². The molecule has 0 aromatic rings. The number of esters is 1. The van der Waals surface area contributed by atoms with Crippen LogP contribution >= 0.6 is 0 Å². The molecule has 0 saturated carbocycles. The van der Waals surface area contributed by atoms with Crippen LogP contribution in [0.5, 0.6) is 0 Å². The molecule has 1 amide bonds. The van der Waals surface area contributed by atoms with Gasteiger partial charge in [0.25, 0.3) is 0 Å². The van der Waals surface area contributed by atoms with Crippen LogP contribution in [0.3, 0.4) is 0 Å². The van der Waals surface area contributed by atoms with E-state index in [1.807, 2.05) is 0 Å². The molecule has 0 radical (unpaired) electrons. The Hall–Kier alpha value is -1.40. The minimum atomic E-state index is -3.63. The molecule has 1 heterocycles. The number of nitrogens with two attached hydrogens (primary N) is 1. The molecule has 23 heavy (non-hydrogen) atoms. The lowest BCUT2D eigenvalue weighted by Gasteiger charge is -2.46. The van der Waals surface area contributed by atoms with Crippen molar-refractivity contribution in [1.29, 1.82) is 0 Å². The molecule has 6 N–H and O–H groups in total. The van der Waals surface area contributed by atoms with Crippen molar-refractivity contribution in [2.45, 2.75) is 49.3 Å². The summed E-state index contributed by atoms with van der Waals surface area (Å²) in [6.07, 6.45) is -8.29. The van der Waals surface area contributed by atoms with Crippen LogP contribution in [0.15, 0.2) is 0 Å². The predicted octanol–water partition coefficient (Wildman–Crippen LogP) is -2.89. The number of carbonyl (C=O) groups is 2. The van der Waals surface area contributed by atoms with E-state index in [2.05, 4.69) is 14.8 Å². The third-order valence-corrected chi connectivity index (χ3v) is 3.52.